The van der Waals surface area contributed by atoms with Crippen LogP contribution in [0, 0.1) is 6.92 Å². The second-order valence-corrected chi connectivity index (χ2v) is 7.32. The van der Waals surface area contributed by atoms with E-state index in [-0.39, 0.29) is 0 Å². The molecule has 130 valence electrons. The third-order valence-electron chi connectivity index (χ3n) is 4.56. The molecule has 3 aromatic carbocycles. The van der Waals surface area contributed by atoms with E-state index in [1.807, 2.05) is 24.3 Å². The van der Waals surface area contributed by atoms with Crippen molar-refractivity contribution in [3.05, 3.63) is 82.9 Å². The quantitative estimate of drug-likeness (QED) is 0.442. The number of fused-ring (bicyclic) bond motifs is 2. The van der Waals surface area contributed by atoms with Crippen LogP contribution in [0.15, 0.2) is 70.5 Å². The van der Waals surface area contributed by atoms with Crippen LogP contribution in [0.3, 0.4) is 0 Å². The summed E-state index contributed by atoms with van der Waals surface area (Å²) >= 11 is 1.76. The van der Waals surface area contributed by atoms with Crippen LogP contribution >= 0.6 is 11.8 Å². The fraction of sp³-hybridized carbons (Fsp3) is 0.130. The molecule has 3 heteroatoms. The van der Waals surface area contributed by atoms with Gasteiger partial charge in [0.05, 0.1) is 14.2 Å². The minimum atomic E-state index is 0.880. The van der Waals surface area contributed by atoms with E-state index < -0.39 is 0 Å². The predicted molar refractivity (Wildman–Crippen MR) is 108 cm³/mol. The van der Waals surface area contributed by atoms with Crippen molar-refractivity contribution in [2.24, 2.45) is 0 Å². The number of methoxy groups -OCH3 is 2. The number of ether oxygens (including phenoxy) is 2. The van der Waals surface area contributed by atoms with Crippen molar-refractivity contribution in [1.82, 2.24) is 0 Å². The average Bonchev–Trinajstić information content (AvgIpc) is 2.68. The molecule has 0 aliphatic carbocycles. The average molecular weight is 360 g/mol. The second kappa shape index (κ2) is 6.93. The van der Waals surface area contributed by atoms with Crippen molar-refractivity contribution in [2.75, 3.05) is 14.2 Å². The van der Waals surface area contributed by atoms with Gasteiger partial charge in [-0.05, 0) is 48.4 Å². The first-order chi connectivity index (χ1) is 12.7. The Morgan fingerprint density at radius 3 is 1.77 bits per heavy atom. The maximum atomic E-state index is 5.69. The van der Waals surface area contributed by atoms with Crippen molar-refractivity contribution in [1.29, 1.82) is 0 Å². The Morgan fingerprint density at radius 2 is 1.27 bits per heavy atom. The van der Waals surface area contributed by atoms with Crippen molar-refractivity contribution in [3.63, 3.8) is 0 Å². The van der Waals surface area contributed by atoms with E-state index in [1.54, 1.807) is 26.0 Å². The molecule has 0 saturated heterocycles. The lowest BCUT2D eigenvalue weighted by Crippen LogP contribution is -2.04. The number of aryl methyl sites for hydroxylation is 1. The Balaban J connectivity index is 2.01. The van der Waals surface area contributed by atoms with Gasteiger partial charge in [-0.3, -0.25) is 0 Å². The van der Waals surface area contributed by atoms with Crippen LogP contribution in [-0.2, 0) is 0 Å². The summed E-state index contributed by atoms with van der Waals surface area (Å²) in [4.78, 5) is 2.40. The molecule has 0 saturated carbocycles. The molecule has 3 aromatic rings. The molecule has 0 fully saturated rings. The first-order valence-corrected chi connectivity index (χ1v) is 9.34. The summed E-state index contributed by atoms with van der Waals surface area (Å²) in [6.07, 6.45) is 2.22. The van der Waals surface area contributed by atoms with Gasteiger partial charge in [0.15, 0.2) is 0 Å². The molecule has 2 nitrogen and oxygen atoms in total. The maximum absolute atomic E-state index is 5.69. The summed E-state index contributed by atoms with van der Waals surface area (Å²) in [5.74, 6) is 1.76. The van der Waals surface area contributed by atoms with Gasteiger partial charge >= 0.3 is 0 Å². The zero-order valence-electron chi connectivity index (χ0n) is 15.1. The SMILES string of the molecule is COc1cccc2c1C(=Cc1ccc(C)cc1)c1c(OC)cccc1S2. The van der Waals surface area contributed by atoms with Gasteiger partial charge in [-0.1, -0.05) is 53.7 Å². The monoisotopic (exact) mass is 360 g/mol. The van der Waals surface area contributed by atoms with Crippen LogP contribution in [0.1, 0.15) is 22.3 Å². The molecule has 1 heterocycles. The molecule has 26 heavy (non-hydrogen) atoms. The lowest BCUT2D eigenvalue weighted by molar-refractivity contribution is 0.409. The van der Waals surface area contributed by atoms with Crippen LogP contribution < -0.4 is 9.47 Å². The fourth-order valence-corrected chi connectivity index (χ4v) is 4.44. The van der Waals surface area contributed by atoms with Gasteiger partial charge < -0.3 is 9.47 Å². The van der Waals surface area contributed by atoms with Crippen LogP contribution in [0.5, 0.6) is 11.5 Å². The van der Waals surface area contributed by atoms with Gasteiger partial charge in [0.25, 0.3) is 0 Å². The Hall–Kier alpha value is -2.65. The molecule has 1 aliphatic rings. The Labute approximate surface area is 158 Å². The highest BCUT2D eigenvalue weighted by molar-refractivity contribution is 7.99. The van der Waals surface area contributed by atoms with E-state index in [0.29, 0.717) is 0 Å². The fourth-order valence-electron chi connectivity index (χ4n) is 3.28. The molecule has 0 radical (unpaired) electrons. The lowest BCUT2D eigenvalue weighted by Gasteiger charge is -2.25. The molecule has 0 spiro atoms. The minimum Gasteiger partial charge on any atom is -0.496 e. The van der Waals surface area contributed by atoms with E-state index in [4.69, 9.17) is 9.47 Å². The van der Waals surface area contributed by atoms with E-state index in [9.17, 15) is 0 Å². The third kappa shape index (κ3) is 2.89. The number of hydrogen-bond acceptors (Lipinski definition) is 3. The van der Waals surface area contributed by atoms with Crippen LogP contribution in [-0.4, -0.2) is 14.2 Å². The van der Waals surface area contributed by atoms with Crippen molar-refractivity contribution >= 4 is 23.4 Å². The van der Waals surface area contributed by atoms with Gasteiger partial charge in [0, 0.05) is 20.9 Å². The summed E-state index contributed by atoms with van der Waals surface area (Å²) in [5, 5.41) is 0. The van der Waals surface area contributed by atoms with Crippen LogP contribution in [0.25, 0.3) is 11.6 Å². The Bertz CT molecular complexity index is 932. The highest BCUT2D eigenvalue weighted by atomic mass is 32.2. The predicted octanol–water partition coefficient (Wildman–Crippen LogP) is 6.07. The molecule has 0 amide bonds. The molecular weight excluding hydrogens is 340 g/mol. The zero-order chi connectivity index (χ0) is 18.1. The number of hydrogen-bond donors (Lipinski definition) is 0. The first-order valence-electron chi connectivity index (χ1n) is 8.52. The Morgan fingerprint density at radius 1 is 0.731 bits per heavy atom. The Kier molecular flexibility index (Phi) is 4.48. The highest BCUT2D eigenvalue weighted by Gasteiger charge is 2.27. The molecule has 0 N–H and O–H groups in total. The second-order valence-electron chi connectivity index (χ2n) is 6.24. The van der Waals surface area contributed by atoms with E-state index >= 15 is 0 Å². The molecule has 4 rings (SSSR count). The smallest absolute Gasteiger partial charge is 0.127 e. The lowest BCUT2D eigenvalue weighted by atomic mass is 9.93. The number of rotatable bonds is 3. The highest BCUT2D eigenvalue weighted by Crippen LogP contribution is 2.51. The van der Waals surface area contributed by atoms with Gasteiger partial charge in [0.1, 0.15) is 11.5 Å². The minimum absolute atomic E-state index is 0.880. The summed E-state index contributed by atoms with van der Waals surface area (Å²) in [6.45, 7) is 2.10. The molecule has 0 unspecified atom stereocenters. The standard InChI is InChI=1S/C23H20O2S/c1-15-10-12-16(13-11-15)14-17-22-18(24-2)6-4-8-20(22)26-21-9-5-7-19(25-3)23(17)21/h4-14H,1-3H3. The molecule has 0 aromatic heterocycles. The summed E-state index contributed by atoms with van der Waals surface area (Å²) < 4.78 is 11.4. The number of benzene rings is 3. The summed E-state index contributed by atoms with van der Waals surface area (Å²) in [7, 11) is 3.45. The molecule has 0 atom stereocenters. The van der Waals surface area contributed by atoms with Gasteiger partial charge in [-0.25, -0.2) is 0 Å². The first kappa shape index (κ1) is 16.8. The van der Waals surface area contributed by atoms with Gasteiger partial charge in [0.2, 0.25) is 0 Å². The summed E-state index contributed by atoms with van der Waals surface area (Å²) in [6, 6.07) is 21.0. The van der Waals surface area contributed by atoms with E-state index in [0.717, 1.165) is 33.8 Å². The summed E-state index contributed by atoms with van der Waals surface area (Å²) in [5.41, 5.74) is 5.79. The molecule has 1 aliphatic heterocycles. The normalized spacial score (nSPS) is 12.2. The van der Waals surface area contributed by atoms with Gasteiger partial charge in [-0.15, -0.1) is 0 Å². The van der Waals surface area contributed by atoms with Crippen LogP contribution in [0.4, 0.5) is 0 Å². The topological polar surface area (TPSA) is 18.5 Å². The largest absolute Gasteiger partial charge is 0.496 e. The van der Waals surface area contributed by atoms with Crippen molar-refractivity contribution < 1.29 is 9.47 Å². The van der Waals surface area contributed by atoms with E-state index in [2.05, 4.69) is 49.4 Å². The van der Waals surface area contributed by atoms with E-state index in [1.165, 1.54) is 15.4 Å². The maximum Gasteiger partial charge on any atom is 0.127 e. The third-order valence-corrected chi connectivity index (χ3v) is 5.68. The van der Waals surface area contributed by atoms with Gasteiger partial charge in [-0.2, -0.15) is 0 Å². The van der Waals surface area contributed by atoms with Crippen LogP contribution in [0.2, 0.25) is 0 Å². The molecular formula is C23H20O2S. The van der Waals surface area contributed by atoms with Crippen molar-refractivity contribution in [3.8, 4) is 11.5 Å². The van der Waals surface area contributed by atoms with Crippen molar-refractivity contribution in [2.45, 2.75) is 16.7 Å². The molecule has 0 bridgehead atoms. The zero-order valence-corrected chi connectivity index (χ0v) is 15.9.